The number of hydrogen-bond donors (Lipinski definition) is 1. The van der Waals surface area contributed by atoms with E-state index >= 15 is 0 Å². The van der Waals surface area contributed by atoms with Crippen molar-refractivity contribution >= 4 is 11.7 Å². The maximum atomic E-state index is 13.9. The van der Waals surface area contributed by atoms with E-state index in [0.29, 0.717) is 34.1 Å². The molecule has 1 amide bonds. The first kappa shape index (κ1) is 20.7. The lowest BCUT2D eigenvalue weighted by atomic mass is 9.85. The van der Waals surface area contributed by atoms with Crippen LogP contribution in [-0.4, -0.2) is 38.0 Å². The Balaban J connectivity index is 1.61. The van der Waals surface area contributed by atoms with Gasteiger partial charge in [-0.05, 0) is 36.8 Å². The fourth-order valence-electron chi connectivity index (χ4n) is 4.06. The zero-order valence-electron chi connectivity index (χ0n) is 17.7. The van der Waals surface area contributed by atoms with Gasteiger partial charge in [0.15, 0.2) is 0 Å². The normalized spacial score (nSPS) is 15.2. The number of methoxy groups -OCH3 is 1. The van der Waals surface area contributed by atoms with Crippen LogP contribution < -0.4 is 10.1 Å². The topological polar surface area (TPSA) is 94.8 Å². The maximum Gasteiger partial charge on any atom is 0.272 e. The third kappa shape index (κ3) is 3.79. The molecule has 5 rings (SSSR count). The predicted octanol–water partition coefficient (Wildman–Crippen LogP) is 3.79. The third-order valence-corrected chi connectivity index (χ3v) is 5.49. The summed E-state index contributed by atoms with van der Waals surface area (Å²) in [4.78, 5) is 17.1. The number of carbonyl (C=O) groups is 1. The predicted molar refractivity (Wildman–Crippen MR) is 115 cm³/mol. The average molecular weight is 448 g/mol. The minimum absolute atomic E-state index is 0.0331. The standard InChI is InChI=1S/C23H18F2N6O2/c1-12-21-18(14-6-15(24)9-16(25)7-14)10-20(32)28-22(21)31(30-12)23-27-19(11-26-29-23)13-4-3-5-17(8-13)33-2/h3-9,11,18H,10H2,1-2H3,(H,28,32)/t18-/m1/s1. The summed E-state index contributed by atoms with van der Waals surface area (Å²) >= 11 is 0. The van der Waals surface area contributed by atoms with Crippen LogP contribution in [0.25, 0.3) is 17.2 Å². The summed E-state index contributed by atoms with van der Waals surface area (Å²) in [6.07, 6.45) is 1.55. The van der Waals surface area contributed by atoms with E-state index in [4.69, 9.17) is 4.74 Å². The number of aryl methyl sites for hydroxylation is 1. The Hall–Kier alpha value is -4.21. The molecule has 0 bridgehead atoms. The molecular formula is C23H18F2N6O2. The van der Waals surface area contributed by atoms with Crippen LogP contribution in [0.2, 0.25) is 0 Å². The highest BCUT2D eigenvalue weighted by molar-refractivity contribution is 5.95. The molecule has 10 heteroatoms. The number of nitrogens with zero attached hydrogens (tertiary/aromatic N) is 5. The largest absolute Gasteiger partial charge is 0.497 e. The lowest BCUT2D eigenvalue weighted by Gasteiger charge is -2.24. The lowest BCUT2D eigenvalue weighted by Crippen LogP contribution is -2.25. The zero-order chi connectivity index (χ0) is 23.1. The Bertz CT molecular complexity index is 1370. The molecule has 0 saturated carbocycles. The molecule has 8 nitrogen and oxygen atoms in total. The number of hydrogen-bond acceptors (Lipinski definition) is 6. The first-order chi connectivity index (χ1) is 15.9. The summed E-state index contributed by atoms with van der Waals surface area (Å²) in [5.41, 5.74) is 2.88. The summed E-state index contributed by atoms with van der Waals surface area (Å²) in [6, 6.07) is 10.6. The molecule has 1 aliphatic rings. The van der Waals surface area contributed by atoms with Gasteiger partial charge in [-0.3, -0.25) is 4.79 Å². The molecule has 2 aromatic heterocycles. The molecule has 1 N–H and O–H groups in total. The Morgan fingerprint density at radius 1 is 1.15 bits per heavy atom. The fourth-order valence-corrected chi connectivity index (χ4v) is 4.06. The number of benzene rings is 2. The fraction of sp³-hybridized carbons (Fsp3) is 0.174. The van der Waals surface area contributed by atoms with E-state index in [0.717, 1.165) is 11.6 Å². The number of amides is 1. The van der Waals surface area contributed by atoms with Crippen LogP contribution in [-0.2, 0) is 4.79 Å². The van der Waals surface area contributed by atoms with Gasteiger partial charge in [-0.15, -0.1) is 5.10 Å². The minimum Gasteiger partial charge on any atom is -0.497 e. The average Bonchev–Trinajstić information content (AvgIpc) is 3.14. The van der Waals surface area contributed by atoms with Crippen molar-refractivity contribution in [1.29, 1.82) is 0 Å². The first-order valence-electron chi connectivity index (χ1n) is 10.1. The van der Waals surface area contributed by atoms with Gasteiger partial charge in [0.1, 0.15) is 23.2 Å². The van der Waals surface area contributed by atoms with E-state index < -0.39 is 17.6 Å². The minimum atomic E-state index is -0.707. The smallest absolute Gasteiger partial charge is 0.272 e. The van der Waals surface area contributed by atoms with Gasteiger partial charge < -0.3 is 10.1 Å². The second-order valence-electron chi connectivity index (χ2n) is 7.64. The molecule has 0 fully saturated rings. The van der Waals surface area contributed by atoms with Crippen molar-refractivity contribution in [2.75, 3.05) is 12.4 Å². The Labute approximate surface area is 187 Å². The summed E-state index contributed by atoms with van der Waals surface area (Å²) < 4.78 is 34.4. The van der Waals surface area contributed by atoms with Crippen LogP contribution in [0.1, 0.15) is 29.2 Å². The third-order valence-electron chi connectivity index (χ3n) is 5.49. The van der Waals surface area contributed by atoms with E-state index in [1.807, 2.05) is 24.3 Å². The van der Waals surface area contributed by atoms with Crippen molar-refractivity contribution in [3.63, 3.8) is 0 Å². The molecule has 1 aliphatic heterocycles. The highest BCUT2D eigenvalue weighted by Crippen LogP contribution is 2.40. The molecule has 4 aromatic rings. The SMILES string of the molecule is COc1cccc(-c2cnnc(-n3nc(C)c4c3NC(=O)C[C@@H]4c3cc(F)cc(F)c3)n2)c1. The highest BCUT2D eigenvalue weighted by atomic mass is 19.1. The Kier molecular flexibility index (Phi) is 5.04. The summed E-state index contributed by atoms with van der Waals surface area (Å²) in [7, 11) is 1.57. The van der Waals surface area contributed by atoms with E-state index in [2.05, 4.69) is 25.6 Å². The number of fused-ring (bicyclic) bond motifs is 1. The van der Waals surface area contributed by atoms with Crippen molar-refractivity contribution in [3.05, 3.63) is 77.1 Å². The van der Waals surface area contributed by atoms with Crippen LogP contribution in [0.15, 0.2) is 48.7 Å². The Morgan fingerprint density at radius 3 is 2.70 bits per heavy atom. The van der Waals surface area contributed by atoms with Crippen molar-refractivity contribution in [2.45, 2.75) is 19.3 Å². The number of carbonyl (C=O) groups excluding carboxylic acids is 1. The first-order valence-corrected chi connectivity index (χ1v) is 10.1. The molecule has 0 spiro atoms. The number of rotatable bonds is 4. The number of nitrogens with one attached hydrogen (secondary N) is 1. The van der Waals surface area contributed by atoms with Gasteiger partial charge in [0.05, 0.1) is 24.7 Å². The molecule has 166 valence electrons. The van der Waals surface area contributed by atoms with Gasteiger partial charge >= 0.3 is 0 Å². The van der Waals surface area contributed by atoms with Crippen LogP contribution in [0.4, 0.5) is 14.6 Å². The van der Waals surface area contributed by atoms with Gasteiger partial charge in [0.25, 0.3) is 5.95 Å². The molecule has 1 atom stereocenters. The summed E-state index contributed by atoms with van der Waals surface area (Å²) in [5, 5.41) is 15.4. The van der Waals surface area contributed by atoms with Crippen LogP contribution >= 0.6 is 0 Å². The molecule has 33 heavy (non-hydrogen) atoms. The second kappa shape index (κ2) is 8.05. The van der Waals surface area contributed by atoms with E-state index in [1.165, 1.54) is 23.0 Å². The molecule has 0 saturated heterocycles. The van der Waals surface area contributed by atoms with Gasteiger partial charge in [0, 0.05) is 29.5 Å². The van der Waals surface area contributed by atoms with Crippen molar-refractivity contribution in [2.24, 2.45) is 0 Å². The molecule has 2 aromatic carbocycles. The van der Waals surface area contributed by atoms with Crippen LogP contribution in [0.3, 0.4) is 0 Å². The Morgan fingerprint density at radius 2 is 1.94 bits per heavy atom. The number of ether oxygens (including phenoxy) is 1. The molecule has 0 unspecified atom stereocenters. The van der Waals surface area contributed by atoms with Crippen LogP contribution in [0, 0.1) is 18.6 Å². The molecule has 0 radical (unpaired) electrons. The molecule has 3 heterocycles. The lowest BCUT2D eigenvalue weighted by molar-refractivity contribution is -0.116. The van der Waals surface area contributed by atoms with Gasteiger partial charge in [-0.1, -0.05) is 12.1 Å². The zero-order valence-corrected chi connectivity index (χ0v) is 17.7. The number of halogens is 2. The summed E-state index contributed by atoms with van der Waals surface area (Å²) in [5.74, 6) is -1.13. The molecule has 0 aliphatic carbocycles. The number of anilines is 1. The second-order valence-corrected chi connectivity index (χ2v) is 7.64. The highest BCUT2D eigenvalue weighted by Gasteiger charge is 2.33. The monoisotopic (exact) mass is 448 g/mol. The molecular weight excluding hydrogens is 430 g/mol. The van der Waals surface area contributed by atoms with Crippen LogP contribution in [0.5, 0.6) is 5.75 Å². The van der Waals surface area contributed by atoms with Crippen molar-refractivity contribution < 1.29 is 18.3 Å². The quantitative estimate of drug-likeness (QED) is 0.510. The number of aromatic nitrogens is 5. The van der Waals surface area contributed by atoms with Crippen molar-refractivity contribution in [1.82, 2.24) is 25.0 Å². The van der Waals surface area contributed by atoms with E-state index in [-0.39, 0.29) is 18.3 Å². The van der Waals surface area contributed by atoms with Gasteiger partial charge in [-0.2, -0.15) is 14.9 Å². The van der Waals surface area contributed by atoms with E-state index in [1.54, 1.807) is 14.0 Å². The van der Waals surface area contributed by atoms with Gasteiger partial charge in [-0.25, -0.2) is 13.8 Å². The maximum absolute atomic E-state index is 13.9. The van der Waals surface area contributed by atoms with E-state index in [9.17, 15) is 13.6 Å². The summed E-state index contributed by atoms with van der Waals surface area (Å²) in [6.45, 7) is 1.76. The van der Waals surface area contributed by atoms with Gasteiger partial charge in [0.2, 0.25) is 5.91 Å². The van der Waals surface area contributed by atoms with Crippen molar-refractivity contribution in [3.8, 4) is 23.0 Å².